The number of rotatable bonds is 11. The number of unbranched alkanes of at least 4 members (excludes halogenated alkanes) is 4. The van der Waals surface area contributed by atoms with Gasteiger partial charge in [0.15, 0.2) is 0 Å². The zero-order valence-electron chi connectivity index (χ0n) is 17.9. The molecule has 3 rings (SSSR count). The van der Waals surface area contributed by atoms with Gasteiger partial charge in [0.25, 0.3) is 0 Å². The molecule has 2 aromatic carbocycles. The van der Waals surface area contributed by atoms with Crippen LogP contribution in [-0.4, -0.2) is 42.9 Å². The summed E-state index contributed by atoms with van der Waals surface area (Å²) in [7, 11) is 0. The Morgan fingerprint density at radius 2 is 1.52 bits per heavy atom. The number of hydrogen-bond acceptors (Lipinski definition) is 3. The van der Waals surface area contributed by atoms with Gasteiger partial charge < -0.3 is 9.84 Å². The van der Waals surface area contributed by atoms with E-state index in [1.54, 1.807) is 0 Å². The fourth-order valence-electron chi connectivity index (χ4n) is 4.50. The number of hydrogen-bond donors (Lipinski definition) is 1. The minimum absolute atomic E-state index is 0.0374. The maximum atomic E-state index is 12.2. The third-order valence-corrected chi connectivity index (χ3v) is 6.26. The molecular weight excluding hydrogens is 358 g/mol. The van der Waals surface area contributed by atoms with Crippen molar-refractivity contribution in [3.63, 3.8) is 0 Å². The molecule has 1 N–H and O–H groups in total. The Hall–Kier alpha value is -1.68. The molecule has 2 atom stereocenters. The third-order valence-electron chi connectivity index (χ3n) is 6.26. The third kappa shape index (κ3) is 6.15. The number of nitrogens with zero attached hydrogens (tertiary/aromatic N) is 1. The smallest absolute Gasteiger partial charge is 0.0977 e. The van der Waals surface area contributed by atoms with E-state index in [0.29, 0.717) is 0 Å². The molecule has 1 aliphatic rings. The van der Waals surface area contributed by atoms with E-state index in [9.17, 15) is 5.11 Å². The SMILES string of the molecule is CCCCCCC[C@@](O)(c1ccccc1)[C@H](CN1CCOCC1)c1ccccc1. The summed E-state index contributed by atoms with van der Waals surface area (Å²) in [6, 6.07) is 20.9. The maximum Gasteiger partial charge on any atom is 0.0977 e. The van der Waals surface area contributed by atoms with Crippen molar-refractivity contribution in [2.24, 2.45) is 0 Å². The van der Waals surface area contributed by atoms with E-state index in [0.717, 1.165) is 51.3 Å². The molecule has 0 aliphatic carbocycles. The van der Waals surface area contributed by atoms with Gasteiger partial charge in [0.05, 0.1) is 18.8 Å². The first kappa shape index (κ1) is 22.0. The molecule has 0 unspecified atom stereocenters. The molecule has 2 aromatic rings. The van der Waals surface area contributed by atoms with Crippen molar-refractivity contribution in [1.82, 2.24) is 4.90 Å². The summed E-state index contributed by atoms with van der Waals surface area (Å²) >= 11 is 0. The summed E-state index contributed by atoms with van der Waals surface area (Å²) in [5.41, 5.74) is 1.39. The van der Waals surface area contributed by atoms with Gasteiger partial charge in [-0.05, 0) is 17.5 Å². The van der Waals surface area contributed by atoms with Crippen LogP contribution in [0.5, 0.6) is 0 Å². The van der Waals surface area contributed by atoms with E-state index in [1.807, 2.05) is 18.2 Å². The standard InChI is InChI=1S/C26H37NO2/c1-2-3-4-5-12-17-26(28,24-15-10-7-11-16-24)25(23-13-8-6-9-14-23)22-27-18-20-29-21-19-27/h6-11,13-16,25,28H,2-5,12,17-22H2,1H3/t25-,26-/m1/s1. The van der Waals surface area contributed by atoms with E-state index >= 15 is 0 Å². The molecule has 0 radical (unpaired) electrons. The van der Waals surface area contributed by atoms with Crippen molar-refractivity contribution in [2.75, 3.05) is 32.8 Å². The topological polar surface area (TPSA) is 32.7 Å². The lowest BCUT2D eigenvalue weighted by atomic mass is 9.74. The summed E-state index contributed by atoms with van der Waals surface area (Å²) < 4.78 is 5.56. The fraction of sp³-hybridized carbons (Fsp3) is 0.538. The number of ether oxygens (including phenoxy) is 1. The van der Waals surface area contributed by atoms with Crippen LogP contribution >= 0.6 is 0 Å². The van der Waals surface area contributed by atoms with Crippen molar-refractivity contribution in [3.8, 4) is 0 Å². The summed E-state index contributed by atoms with van der Waals surface area (Å²) in [6.07, 6.45) is 6.80. The maximum absolute atomic E-state index is 12.2. The van der Waals surface area contributed by atoms with Crippen LogP contribution in [0, 0.1) is 0 Å². The van der Waals surface area contributed by atoms with Crippen LogP contribution in [0.4, 0.5) is 0 Å². The number of aliphatic hydroxyl groups is 1. The molecule has 3 heteroatoms. The number of morpholine rings is 1. The molecule has 0 amide bonds. The quantitative estimate of drug-likeness (QED) is 0.521. The molecule has 0 spiro atoms. The number of benzene rings is 2. The lowest BCUT2D eigenvalue weighted by Crippen LogP contribution is -2.45. The summed E-state index contributed by atoms with van der Waals surface area (Å²) in [5.74, 6) is 0.0374. The molecule has 3 nitrogen and oxygen atoms in total. The van der Waals surface area contributed by atoms with Gasteiger partial charge in [-0.3, -0.25) is 4.90 Å². The van der Waals surface area contributed by atoms with E-state index in [1.165, 1.54) is 31.2 Å². The Morgan fingerprint density at radius 3 is 2.17 bits per heavy atom. The Balaban J connectivity index is 1.88. The largest absolute Gasteiger partial charge is 0.384 e. The van der Waals surface area contributed by atoms with Gasteiger partial charge in [0.2, 0.25) is 0 Å². The van der Waals surface area contributed by atoms with E-state index in [-0.39, 0.29) is 5.92 Å². The molecular formula is C26H37NO2. The Labute approximate surface area is 176 Å². The van der Waals surface area contributed by atoms with E-state index in [4.69, 9.17) is 4.74 Å². The molecule has 1 saturated heterocycles. The van der Waals surface area contributed by atoms with Gasteiger partial charge >= 0.3 is 0 Å². The van der Waals surface area contributed by atoms with Crippen molar-refractivity contribution < 1.29 is 9.84 Å². The highest BCUT2D eigenvalue weighted by Crippen LogP contribution is 2.42. The lowest BCUT2D eigenvalue weighted by molar-refractivity contribution is -0.0296. The van der Waals surface area contributed by atoms with Gasteiger partial charge in [0, 0.05) is 25.6 Å². The van der Waals surface area contributed by atoms with Gasteiger partial charge in [-0.25, -0.2) is 0 Å². The predicted molar refractivity (Wildman–Crippen MR) is 120 cm³/mol. The first-order valence-corrected chi connectivity index (χ1v) is 11.4. The van der Waals surface area contributed by atoms with Gasteiger partial charge in [-0.1, -0.05) is 99.7 Å². The second-order valence-corrected chi connectivity index (χ2v) is 8.33. The van der Waals surface area contributed by atoms with Crippen LogP contribution in [0.2, 0.25) is 0 Å². The summed E-state index contributed by atoms with van der Waals surface area (Å²) in [5, 5.41) is 12.2. The Morgan fingerprint density at radius 1 is 0.897 bits per heavy atom. The van der Waals surface area contributed by atoms with Crippen LogP contribution in [0.15, 0.2) is 60.7 Å². The molecule has 1 heterocycles. The van der Waals surface area contributed by atoms with E-state index < -0.39 is 5.60 Å². The van der Waals surface area contributed by atoms with Crippen molar-refractivity contribution in [1.29, 1.82) is 0 Å². The minimum atomic E-state index is -0.868. The molecule has 1 fully saturated rings. The Kier molecular flexibility index (Phi) is 8.72. The highest BCUT2D eigenvalue weighted by atomic mass is 16.5. The zero-order chi connectivity index (χ0) is 20.4. The second kappa shape index (κ2) is 11.5. The van der Waals surface area contributed by atoms with Gasteiger partial charge in [-0.2, -0.15) is 0 Å². The fourth-order valence-corrected chi connectivity index (χ4v) is 4.50. The summed E-state index contributed by atoms with van der Waals surface area (Å²) in [6.45, 7) is 6.53. The second-order valence-electron chi connectivity index (χ2n) is 8.33. The van der Waals surface area contributed by atoms with Crippen LogP contribution < -0.4 is 0 Å². The van der Waals surface area contributed by atoms with Crippen LogP contribution in [0.3, 0.4) is 0 Å². The first-order valence-electron chi connectivity index (χ1n) is 11.4. The van der Waals surface area contributed by atoms with Gasteiger partial charge in [0.1, 0.15) is 0 Å². The van der Waals surface area contributed by atoms with E-state index in [2.05, 4.69) is 54.3 Å². The molecule has 0 bridgehead atoms. The molecule has 158 valence electrons. The average Bonchev–Trinajstić information content (AvgIpc) is 2.79. The molecule has 1 aliphatic heterocycles. The van der Waals surface area contributed by atoms with Crippen LogP contribution in [0.25, 0.3) is 0 Å². The minimum Gasteiger partial charge on any atom is -0.384 e. The van der Waals surface area contributed by atoms with Gasteiger partial charge in [-0.15, -0.1) is 0 Å². The zero-order valence-corrected chi connectivity index (χ0v) is 17.9. The van der Waals surface area contributed by atoms with Crippen LogP contribution in [-0.2, 0) is 10.3 Å². The van der Waals surface area contributed by atoms with Crippen molar-refractivity contribution in [3.05, 3.63) is 71.8 Å². The van der Waals surface area contributed by atoms with Crippen LogP contribution in [0.1, 0.15) is 62.5 Å². The normalized spacial score (nSPS) is 18.3. The summed E-state index contributed by atoms with van der Waals surface area (Å²) in [4.78, 5) is 2.45. The highest BCUT2D eigenvalue weighted by Gasteiger charge is 2.39. The van der Waals surface area contributed by atoms with Crippen molar-refractivity contribution in [2.45, 2.75) is 57.0 Å². The molecule has 0 aromatic heterocycles. The Bertz CT molecular complexity index is 684. The molecule has 29 heavy (non-hydrogen) atoms. The average molecular weight is 396 g/mol. The lowest BCUT2D eigenvalue weighted by Gasteiger charge is -2.41. The molecule has 0 saturated carbocycles. The first-order chi connectivity index (χ1) is 14.2. The van der Waals surface area contributed by atoms with Crippen molar-refractivity contribution >= 4 is 0 Å². The predicted octanol–water partition coefficient (Wildman–Crippen LogP) is 5.35. The monoisotopic (exact) mass is 395 g/mol. The highest BCUT2D eigenvalue weighted by molar-refractivity contribution is 5.31.